The van der Waals surface area contributed by atoms with Crippen LogP contribution in [0.4, 0.5) is 5.69 Å². The molecule has 34 heavy (non-hydrogen) atoms. The van der Waals surface area contributed by atoms with Crippen LogP contribution in [0.15, 0.2) is 59.0 Å². The van der Waals surface area contributed by atoms with Crippen LogP contribution < -0.4 is 10.2 Å². The Morgan fingerprint density at radius 3 is 2.68 bits per heavy atom. The number of fused-ring (bicyclic) bond motifs is 1. The lowest BCUT2D eigenvalue weighted by Crippen LogP contribution is -2.34. The molecule has 176 valence electrons. The Morgan fingerprint density at radius 1 is 1.15 bits per heavy atom. The number of aryl methyl sites for hydroxylation is 1. The Balaban J connectivity index is 1.37. The maximum atomic E-state index is 12.0. The number of carbonyl (C=O) groups is 1. The van der Waals surface area contributed by atoms with Crippen LogP contribution in [0.25, 0.3) is 27.8 Å². The van der Waals surface area contributed by atoms with E-state index < -0.39 is 5.97 Å². The number of rotatable bonds is 6. The largest absolute Gasteiger partial charge is 0.477 e. The lowest BCUT2D eigenvalue weighted by atomic mass is 9.97. The zero-order chi connectivity index (χ0) is 23.5. The summed E-state index contributed by atoms with van der Waals surface area (Å²) in [5, 5.41) is 13.2. The van der Waals surface area contributed by atoms with Gasteiger partial charge in [-0.3, -0.25) is 0 Å². The molecule has 1 aromatic carbocycles. The second kappa shape index (κ2) is 10.0. The standard InChI is InChI=1S/C28H30N2O3S/c1-30(18-19-12-14-29-15-13-19)23-17-26(34-27(23)28(31)32)21-10-8-20(9-11-21)25-16-22-6-4-2-3-5-7-24(22)33-25/h2-3,5,7-11,16-17,19,29H,4,6,12-15,18H2,1H3,(H,31,32)/b3-2+,7-5-. The number of hydrogen-bond acceptors (Lipinski definition) is 5. The van der Waals surface area contributed by atoms with E-state index in [0.717, 1.165) is 78.5 Å². The first-order chi connectivity index (χ1) is 16.6. The first-order valence-electron chi connectivity index (χ1n) is 11.9. The van der Waals surface area contributed by atoms with Crippen LogP contribution in [0, 0.1) is 5.92 Å². The minimum Gasteiger partial charge on any atom is -0.477 e. The highest BCUT2D eigenvalue weighted by Gasteiger charge is 2.22. The Labute approximate surface area is 204 Å². The van der Waals surface area contributed by atoms with Crippen LogP contribution >= 0.6 is 11.3 Å². The SMILES string of the molecule is CN(CC1CCNCC1)c1cc(-c2ccc(-c3cc4c(o3)/C=C\C=C\CC4)cc2)sc1C(=O)O. The van der Waals surface area contributed by atoms with E-state index in [9.17, 15) is 9.90 Å². The normalized spacial score (nSPS) is 18.0. The van der Waals surface area contributed by atoms with Crippen molar-refractivity contribution >= 4 is 29.1 Å². The molecule has 0 unspecified atom stereocenters. The van der Waals surface area contributed by atoms with Crippen molar-refractivity contribution in [3.63, 3.8) is 0 Å². The molecule has 3 aromatic rings. The van der Waals surface area contributed by atoms with Gasteiger partial charge in [0.05, 0.1) is 5.69 Å². The van der Waals surface area contributed by atoms with Crippen LogP contribution in [0.1, 0.15) is 40.3 Å². The molecule has 0 saturated carbocycles. The minimum absolute atomic E-state index is 0.404. The lowest BCUT2D eigenvalue weighted by molar-refractivity contribution is 0.0702. The third-order valence-corrected chi connectivity index (χ3v) is 7.84. The van der Waals surface area contributed by atoms with Crippen molar-refractivity contribution in [2.75, 3.05) is 31.6 Å². The molecule has 0 radical (unpaired) electrons. The molecule has 6 heteroatoms. The number of nitrogens with zero attached hydrogens (tertiary/aromatic N) is 1. The molecule has 2 aromatic heterocycles. The third kappa shape index (κ3) is 4.88. The molecule has 1 fully saturated rings. The lowest BCUT2D eigenvalue weighted by Gasteiger charge is -2.28. The molecule has 2 aliphatic rings. The number of piperidine rings is 1. The number of anilines is 1. The van der Waals surface area contributed by atoms with Gasteiger partial charge in [0, 0.05) is 24.0 Å². The summed E-state index contributed by atoms with van der Waals surface area (Å²) in [6.45, 7) is 2.96. The van der Waals surface area contributed by atoms with Gasteiger partial charge in [0.15, 0.2) is 0 Å². The van der Waals surface area contributed by atoms with E-state index in [1.54, 1.807) is 0 Å². The highest BCUT2D eigenvalue weighted by molar-refractivity contribution is 7.18. The monoisotopic (exact) mass is 474 g/mol. The molecule has 1 aliphatic heterocycles. The molecular formula is C28H30N2O3S. The number of nitrogens with one attached hydrogen (secondary N) is 1. The summed E-state index contributed by atoms with van der Waals surface area (Å²) in [6.07, 6.45) is 12.5. The fraction of sp³-hybridized carbons (Fsp3) is 0.321. The molecule has 3 heterocycles. The maximum Gasteiger partial charge on any atom is 0.348 e. The summed E-state index contributed by atoms with van der Waals surface area (Å²) in [4.78, 5) is 15.5. The molecule has 0 spiro atoms. The van der Waals surface area contributed by atoms with Crippen molar-refractivity contribution in [2.24, 2.45) is 5.92 Å². The summed E-state index contributed by atoms with van der Waals surface area (Å²) in [5.74, 6) is 1.52. The topological polar surface area (TPSA) is 65.7 Å². The highest BCUT2D eigenvalue weighted by atomic mass is 32.1. The van der Waals surface area contributed by atoms with E-state index in [4.69, 9.17) is 4.42 Å². The number of hydrogen-bond donors (Lipinski definition) is 2. The number of carboxylic acids is 1. The van der Waals surface area contributed by atoms with Gasteiger partial charge in [0.2, 0.25) is 0 Å². The zero-order valence-corrected chi connectivity index (χ0v) is 20.2. The van der Waals surface area contributed by atoms with Crippen LogP contribution in [0.5, 0.6) is 0 Å². The second-order valence-corrected chi connectivity index (χ2v) is 10.2. The molecular weight excluding hydrogens is 444 g/mol. The third-order valence-electron chi connectivity index (χ3n) is 6.68. The predicted molar refractivity (Wildman–Crippen MR) is 140 cm³/mol. The quantitative estimate of drug-likeness (QED) is 0.437. The van der Waals surface area contributed by atoms with Gasteiger partial charge in [-0.05, 0) is 74.0 Å². The summed E-state index contributed by atoms with van der Waals surface area (Å²) >= 11 is 1.35. The van der Waals surface area contributed by atoms with Gasteiger partial charge in [0.1, 0.15) is 16.4 Å². The zero-order valence-electron chi connectivity index (χ0n) is 19.4. The fourth-order valence-corrected chi connectivity index (χ4v) is 5.84. The van der Waals surface area contributed by atoms with E-state index in [-0.39, 0.29) is 0 Å². The predicted octanol–water partition coefficient (Wildman–Crippen LogP) is 6.32. The van der Waals surface area contributed by atoms with Crippen molar-refractivity contribution in [3.8, 4) is 21.8 Å². The van der Waals surface area contributed by atoms with Gasteiger partial charge in [-0.2, -0.15) is 0 Å². The molecule has 0 bridgehead atoms. The fourth-order valence-electron chi connectivity index (χ4n) is 4.79. The van der Waals surface area contributed by atoms with Crippen molar-refractivity contribution in [1.82, 2.24) is 5.32 Å². The Bertz CT molecular complexity index is 1210. The molecule has 5 rings (SSSR count). The van der Waals surface area contributed by atoms with E-state index in [0.29, 0.717) is 10.8 Å². The van der Waals surface area contributed by atoms with Gasteiger partial charge in [-0.25, -0.2) is 4.79 Å². The van der Waals surface area contributed by atoms with Crippen molar-refractivity contribution in [2.45, 2.75) is 25.7 Å². The highest BCUT2D eigenvalue weighted by Crippen LogP contribution is 2.38. The molecule has 1 aliphatic carbocycles. The average molecular weight is 475 g/mol. The van der Waals surface area contributed by atoms with Crippen LogP contribution in [-0.4, -0.2) is 37.8 Å². The first kappa shape index (κ1) is 22.7. The van der Waals surface area contributed by atoms with Crippen LogP contribution in [0.2, 0.25) is 0 Å². The van der Waals surface area contributed by atoms with Gasteiger partial charge < -0.3 is 19.7 Å². The Kier molecular flexibility index (Phi) is 6.70. The number of benzene rings is 1. The van der Waals surface area contributed by atoms with Crippen LogP contribution in [0.3, 0.4) is 0 Å². The maximum absolute atomic E-state index is 12.0. The Hall–Kier alpha value is -3.09. The second-order valence-electron chi connectivity index (χ2n) is 9.11. The van der Waals surface area contributed by atoms with Crippen molar-refractivity contribution in [1.29, 1.82) is 0 Å². The smallest absolute Gasteiger partial charge is 0.348 e. The minimum atomic E-state index is -0.865. The number of thiophene rings is 1. The molecule has 0 atom stereocenters. The molecule has 5 nitrogen and oxygen atoms in total. The molecule has 1 saturated heterocycles. The summed E-state index contributed by atoms with van der Waals surface area (Å²) < 4.78 is 6.12. The number of allylic oxidation sites excluding steroid dienone is 3. The average Bonchev–Trinajstić information content (AvgIpc) is 3.45. The van der Waals surface area contributed by atoms with Gasteiger partial charge in [-0.1, -0.05) is 42.5 Å². The number of carboxylic acid groups (broad SMARTS) is 1. The van der Waals surface area contributed by atoms with Crippen LogP contribution in [-0.2, 0) is 6.42 Å². The Morgan fingerprint density at radius 2 is 1.91 bits per heavy atom. The molecule has 0 amide bonds. The van der Waals surface area contributed by atoms with E-state index in [1.165, 1.54) is 16.9 Å². The van der Waals surface area contributed by atoms with Gasteiger partial charge in [0.25, 0.3) is 0 Å². The van der Waals surface area contributed by atoms with E-state index in [1.807, 2.05) is 25.3 Å². The number of furan rings is 1. The van der Waals surface area contributed by atoms with Crippen molar-refractivity contribution < 1.29 is 14.3 Å². The number of aromatic carboxylic acids is 1. The van der Waals surface area contributed by atoms with E-state index >= 15 is 0 Å². The summed E-state index contributed by atoms with van der Waals surface area (Å²) in [7, 11) is 2.01. The van der Waals surface area contributed by atoms with Gasteiger partial charge in [-0.15, -0.1) is 11.3 Å². The molecule has 2 N–H and O–H groups in total. The van der Waals surface area contributed by atoms with Crippen molar-refractivity contribution in [3.05, 3.63) is 70.8 Å². The first-order valence-corrected chi connectivity index (χ1v) is 12.8. The summed E-state index contributed by atoms with van der Waals surface area (Å²) in [5.41, 5.74) is 4.08. The summed E-state index contributed by atoms with van der Waals surface area (Å²) in [6, 6.07) is 12.4. The van der Waals surface area contributed by atoms with E-state index in [2.05, 4.69) is 52.7 Å². The van der Waals surface area contributed by atoms with Gasteiger partial charge >= 0.3 is 5.97 Å².